The minimum absolute atomic E-state index is 0.643. The van der Waals surface area contributed by atoms with Gasteiger partial charge in [-0.1, -0.05) is 0 Å². The molecule has 0 saturated heterocycles. The van der Waals surface area contributed by atoms with Gasteiger partial charge in [-0.3, -0.25) is 5.41 Å². The van der Waals surface area contributed by atoms with E-state index in [1.54, 1.807) is 0 Å². The molecule has 3 N–H and O–H groups in total. The van der Waals surface area contributed by atoms with Gasteiger partial charge in [0.15, 0.2) is 0 Å². The number of nitrogens with one attached hydrogen (secondary N) is 1. The van der Waals surface area contributed by atoms with Gasteiger partial charge in [0.1, 0.15) is 5.84 Å². The molecule has 0 heterocycles. The Labute approximate surface area is 74.6 Å². The highest BCUT2D eigenvalue weighted by molar-refractivity contribution is 5.86. The van der Waals surface area contributed by atoms with E-state index in [-0.39, 0.29) is 0 Å². The molecule has 0 amide bonds. The molecule has 1 atom stereocenters. The minimum atomic E-state index is -4.66. The van der Waals surface area contributed by atoms with E-state index in [1.165, 1.54) is 13.8 Å². The maximum absolute atomic E-state index is 12.4. The molecular formula is C7H13F3N2O. The normalized spacial score (nSPS) is 17.2. The zero-order valence-corrected chi connectivity index (χ0v) is 7.70. The van der Waals surface area contributed by atoms with Crippen molar-refractivity contribution >= 4 is 5.84 Å². The van der Waals surface area contributed by atoms with Crippen molar-refractivity contribution < 1.29 is 17.9 Å². The Hall–Kier alpha value is -0.780. The smallest absolute Gasteiger partial charge is 0.385 e. The number of nitrogens with two attached hydrogens (primary N) is 1. The van der Waals surface area contributed by atoms with Crippen LogP contribution in [0.25, 0.3) is 0 Å². The summed E-state index contributed by atoms with van der Waals surface area (Å²) in [4.78, 5) is 0. The lowest BCUT2D eigenvalue weighted by atomic mass is 10.1. The molecule has 0 aromatic heterocycles. The average molecular weight is 198 g/mol. The van der Waals surface area contributed by atoms with Crippen LogP contribution in [0, 0.1) is 5.41 Å². The van der Waals surface area contributed by atoms with Gasteiger partial charge in [-0.15, -0.1) is 0 Å². The molecule has 1 unspecified atom stereocenters. The van der Waals surface area contributed by atoms with Gasteiger partial charge in [-0.25, -0.2) is 0 Å². The van der Waals surface area contributed by atoms with E-state index >= 15 is 0 Å². The van der Waals surface area contributed by atoms with Crippen LogP contribution in [0.1, 0.15) is 20.8 Å². The van der Waals surface area contributed by atoms with Crippen LogP contribution in [0.15, 0.2) is 0 Å². The summed E-state index contributed by atoms with van der Waals surface area (Å²) in [6.07, 6.45) is -5.31. The number of halogens is 3. The zero-order valence-electron chi connectivity index (χ0n) is 7.70. The standard InChI is InChI=1S/C7H13F3N2O/c1-4(2)13-6(3,5(11)12)7(8,9)10/h4H,1-3H3,(H3,11,12). The monoisotopic (exact) mass is 198 g/mol. The molecule has 13 heavy (non-hydrogen) atoms. The summed E-state index contributed by atoms with van der Waals surface area (Å²) in [5.41, 5.74) is 2.16. The number of alkyl halides is 3. The lowest BCUT2D eigenvalue weighted by Crippen LogP contribution is -2.55. The van der Waals surface area contributed by atoms with Crippen LogP contribution in [0.2, 0.25) is 0 Å². The Bertz CT molecular complexity index is 202. The first-order valence-electron chi connectivity index (χ1n) is 3.70. The van der Waals surface area contributed by atoms with Crippen molar-refractivity contribution in [2.75, 3.05) is 0 Å². The molecule has 0 saturated carbocycles. The lowest BCUT2D eigenvalue weighted by molar-refractivity contribution is -0.251. The maximum atomic E-state index is 12.4. The molecule has 0 aliphatic heterocycles. The number of hydrogen-bond donors (Lipinski definition) is 2. The van der Waals surface area contributed by atoms with Crippen LogP contribution in [0.5, 0.6) is 0 Å². The van der Waals surface area contributed by atoms with Crippen molar-refractivity contribution in [3.8, 4) is 0 Å². The predicted octanol–water partition coefficient (Wildman–Crippen LogP) is 1.67. The van der Waals surface area contributed by atoms with Crippen LogP contribution in [-0.2, 0) is 4.74 Å². The summed E-state index contributed by atoms with van der Waals surface area (Å²) in [6, 6.07) is 0. The van der Waals surface area contributed by atoms with Gasteiger partial charge < -0.3 is 10.5 Å². The van der Waals surface area contributed by atoms with Crippen LogP contribution in [-0.4, -0.2) is 23.7 Å². The van der Waals surface area contributed by atoms with E-state index in [4.69, 9.17) is 11.1 Å². The zero-order chi connectivity index (χ0) is 10.9. The van der Waals surface area contributed by atoms with Gasteiger partial charge in [0.25, 0.3) is 0 Å². The Morgan fingerprint density at radius 2 is 1.77 bits per heavy atom. The number of amidine groups is 1. The molecule has 0 bridgehead atoms. The Morgan fingerprint density at radius 3 is 1.85 bits per heavy atom. The third kappa shape index (κ3) is 2.58. The minimum Gasteiger partial charge on any atom is -0.385 e. The highest BCUT2D eigenvalue weighted by atomic mass is 19.4. The summed E-state index contributed by atoms with van der Waals surface area (Å²) in [6.45, 7) is 3.65. The Morgan fingerprint density at radius 1 is 1.38 bits per heavy atom. The second kappa shape index (κ2) is 3.53. The molecule has 0 fully saturated rings. The third-order valence-electron chi connectivity index (χ3n) is 1.53. The number of rotatable bonds is 3. The molecule has 78 valence electrons. The van der Waals surface area contributed by atoms with Gasteiger partial charge in [-0.05, 0) is 20.8 Å². The Balaban J connectivity index is 4.85. The van der Waals surface area contributed by atoms with E-state index in [1.807, 2.05) is 0 Å². The van der Waals surface area contributed by atoms with Crippen molar-refractivity contribution in [2.45, 2.75) is 38.7 Å². The Kier molecular flexibility index (Phi) is 3.32. The quantitative estimate of drug-likeness (QED) is 0.535. The van der Waals surface area contributed by atoms with Gasteiger partial charge in [0, 0.05) is 0 Å². The SMILES string of the molecule is CC(C)OC(C)(C(=N)N)C(F)(F)F. The molecule has 6 heteroatoms. The lowest BCUT2D eigenvalue weighted by Gasteiger charge is -2.32. The topological polar surface area (TPSA) is 59.1 Å². The van der Waals surface area contributed by atoms with Crippen LogP contribution >= 0.6 is 0 Å². The van der Waals surface area contributed by atoms with E-state index in [0.717, 1.165) is 6.92 Å². The van der Waals surface area contributed by atoms with Gasteiger partial charge in [0.05, 0.1) is 6.10 Å². The molecule has 0 radical (unpaired) electrons. The van der Waals surface area contributed by atoms with Crippen molar-refractivity contribution in [3.63, 3.8) is 0 Å². The largest absolute Gasteiger partial charge is 0.424 e. The maximum Gasteiger partial charge on any atom is 0.424 e. The highest BCUT2D eigenvalue weighted by Crippen LogP contribution is 2.34. The summed E-state index contributed by atoms with van der Waals surface area (Å²) in [5.74, 6) is -1.03. The van der Waals surface area contributed by atoms with Gasteiger partial charge in [0.2, 0.25) is 5.60 Å². The second-order valence-corrected chi connectivity index (χ2v) is 3.11. The predicted molar refractivity (Wildman–Crippen MR) is 42.6 cm³/mol. The van der Waals surface area contributed by atoms with Crippen molar-refractivity contribution in [3.05, 3.63) is 0 Å². The fourth-order valence-corrected chi connectivity index (χ4v) is 0.754. The molecule has 3 nitrogen and oxygen atoms in total. The summed E-state index contributed by atoms with van der Waals surface area (Å²) >= 11 is 0. The van der Waals surface area contributed by atoms with E-state index in [0.29, 0.717) is 0 Å². The number of ether oxygens (including phenoxy) is 1. The first kappa shape index (κ1) is 12.2. The summed E-state index contributed by atoms with van der Waals surface area (Å²) < 4.78 is 41.7. The van der Waals surface area contributed by atoms with E-state index < -0.39 is 23.7 Å². The molecule has 0 aromatic carbocycles. The molecular weight excluding hydrogens is 185 g/mol. The fourth-order valence-electron chi connectivity index (χ4n) is 0.754. The van der Waals surface area contributed by atoms with Crippen LogP contribution in [0.3, 0.4) is 0 Å². The molecule has 0 rings (SSSR count). The second-order valence-electron chi connectivity index (χ2n) is 3.11. The van der Waals surface area contributed by atoms with Crippen LogP contribution < -0.4 is 5.73 Å². The molecule has 0 aromatic rings. The third-order valence-corrected chi connectivity index (χ3v) is 1.53. The fraction of sp³-hybridized carbons (Fsp3) is 0.857. The van der Waals surface area contributed by atoms with E-state index in [9.17, 15) is 13.2 Å². The average Bonchev–Trinajstić information content (AvgIpc) is 1.82. The van der Waals surface area contributed by atoms with E-state index in [2.05, 4.69) is 4.74 Å². The molecule has 0 spiro atoms. The van der Waals surface area contributed by atoms with Gasteiger partial charge >= 0.3 is 6.18 Å². The number of hydrogen-bond acceptors (Lipinski definition) is 2. The van der Waals surface area contributed by atoms with Gasteiger partial charge in [-0.2, -0.15) is 13.2 Å². The first-order valence-corrected chi connectivity index (χ1v) is 3.70. The summed E-state index contributed by atoms with van der Waals surface area (Å²) in [7, 11) is 0. The first-order chi connectivity index (χ1) is 5.61. The van der Waals surface area contributed by atoms with Crippen molar-refractivity contribution in [1.82, 2.24) is 0 Å². The van der Waals surface area contributed by atoms with Crippen molar-refractivity contribution in [1.29, 1.82) is 5.41 Å². The highest BCUT2D eigenvalue weighted by Gasteiger charge is 2.55. The molecule has 0 aliphatic rings. The molecule has 0 aliphatic carbocycles. The summed E-state index contributed by atoms with van der Waals surface area (Å²) in [5, 5.41) is 6.83. The van der Waals surface area contributed by atoms with Crippen molar-refractivity contribution in [2.24, 2.45) is 5.73 Å². The van der Waals surface area contributed by atoms with Crippen LogP contribution in [0.4, 0.5) is 13.2 Å².